The Morgan fingerprint density at radius 2 is 1.73 bits per heavy atom. The average Bonchev–Trinajstić information content (AvgIpc) is 2.56. The minimum Gasteiger partial charge on any atom is -0.325 e. The van der Waals surface area contributed by atoms with Crippen LogP contribution in [0.5, 0.6) is 0 Å². The van der Waals surface area contributed by atoms with Crippen LogP contribution in [0.25, 0.3) is 0 Å². The highest BCUT2D eigenvalue weighted by atomic mass is 35.5. The second-order valence-corrected chi connectivity index (χ2v) is 8.57. The number of sulfonamides is 1. The van der Waals surface area contributed by atoms with Crippen molar-refractivity contribution in [2.75, 3.05) is 5.32 Å². The maximum absolute atomic E-state index is 12.1. The van der Waals surface area contributed by atoms with E-state index in [9.17, 15) is 13.2 Å². The van der Waals surface area contributed by atoms with Crippen molar-refractivity contribution in [2.45, 2.75) is 37.6 Å². The summed E-state index contributed by atoms with van der Waals surface area (Å²) in [6, 6.07) is 11.3. The number of carbonyl (C=O) groups excluding carboxylic acids is 1. The van der Waals surface area contributed by atoms with E-state index in [2.05, 4.69) is 10.0 Å². The molecular weight excluding hydrogens is 395 g/mol. The van der Waals surface area contributed by atoms with E-state index in [0.717, 1.165) is 5.56 Å². The zero-order chi connectivity index (χ0) is 19.3. The van der Waals surface area contributed by atoms with Crippen molar-refractivity contribution in [1.82, 2.24) is 4.72 Å². The Hall–Kier alpha value is -1.60. The van der Waals surface area contributed by atoms with Gasteiger partial charge in [-0.3, -0.25) is 4.79 Å². The van der Waals surface area contributed by atoms with Crippen molar-refractivity contribution in [1.29, 1.82) is 0 Å². The molecule has 0 unspecified atom stereocenters. The predicted octanol–water partition coefficient (Wildman–Crippen LogP) is 4.25. The number of carbonyl (C=O) groups is 1. The van der Waals surface area contributed by atoms with Crippen molar-refractivity contribution in [3.05, 3.63) is 58.1 Å². The standard InChI is InChI=1S/C18H20Cl2N2O3S/c1-12(2)22-26(24,25)14-9-6-13(7-10-14)8-11-17(23)21-16-5-3-4-15(19)18(16)20/h3-7,9-10,12,22H,8,11H2,1-2H3,(H,21,23). The number of rotatable bonds is 7. The SMILES string of the molecule is CC(C)NS(=O)(=O)c1ccc(CCC(=O)Nc2cccc(Cl)c2Cl)cc1. The monoisotopic (exact) mass is 414 g/mol. The first-order chi connectivity index (χ1) is 12.2. The van der Waals surface area contributed by atoms with Gasteiger partial charge in [0.1, 0.15) is 0 Å². The van der Waals surface area contributed by atoms with Crippen molar-refractivity contribution >= 4 is 44.8 Å². The summed E-state index contributed by atoms with van der Waals surface area (Å²) in [4.78, 5) is 12.3. The van der Waals surface area contributed by atoms with Crippen LogP contribution in [0.3, 0.4) is 0 Å². The van der Waals surface area contributed by atoms with E-state index in [0.29, 0.717) is 22.2 Å². The van der Waals surface area contributed by atoms with Crippen LogP contribution < -0.4 is 10.0 Å². The minimum atomic E-state index is -3.51. The van der Waals surface area contributed by atoms with Crippen LogP contribution in [0.15, 0.2) is 47.4 Å². The molecule has 0 bridgehead atoms. The molecule has 0 saturated carbocycles. The number of benzene rings is 2. The number of hydrogen-bond acceptors (Lipinski definition) is 3. The Labute approximate surface area is 163 Å². The molecule has 26 heavy (non-hydrogen) atoms. The maximum atomic E-state index is 12.1. The zero-order valence-corrected chi connectivity index (χ0v) is 16.8. The van der Waals surface area contributed by atoms with Crippen molar-refractivity contribution in [2.24, 2.45) is 0 Å². The van der Waals surface area contributed by atoms with Gasteiger partial charge in [0.05, 0.1) is 20.6 Å². The van der Waals surface area contributed by atoms with Crippen molar-refractivity contribution in [3.63, 3.8) is 0 Å². The summed E-state index contributed by atoms with van der Waals surface area (Å²) in [6.07, 6.45) is 0.709. The van der Waals surface area contributed by atoms with Gasteiger partial charge in [0.25, 0.3) is 0 Å². The molecule has 8 heteroatoms. The van der Waals surface area contributed by atoms with E-state index in [-0.39, 0.29) is 23.3 Å². The van der Waals surface area contributed by atoms with Gasteiger partial charge in [-0.05, 0) is 50.1 Å². The number of hydrogen-bond donors (Lipinski definition) is 2. The molecule has 0 fully saturated rings. The van der Waals surface area contributed by atoms with Crippen molar-refractivity contribution in [3.8, 4) is 0 Å². The van der Waals surface area contributed by atoms with E-state index < -0.39 is 10.0 Å². The fraction of sp³-hybridized carbons (Fsp3) is 0.278. The first-order valence-corrected chi connectivity index (χ1v) is 10.3. The van der Waals surface area contributed by atoms with Gasteiger partial charge >= 0.3 is 0 Å². The summed E-state index contributed by atoms with van der Waals surface area (Å²) in [6.45, 7) is 3.52. The zero-order valence-electron chi connectivity index (χ0n) is 14.4. The normalized spacial score (nSPS) is 11.6. The lowest BCUT2D eigenvalue weighted by atomic mass is 10.1. The summed E-state index contributed by atoms with van der Waals surface area (Å²) in [5.41, 5.74) is 1.33. The second-order valence-electron chi connectivity index (χ2n) is 6.07. The lowest BCUT2D eigenvalue weighted by Crippen LogP contribution is -2.30. The van der Waals surface area contributed by atoms with E-state index >= 15 is 0 Å². The molecule has 1 amide bonds. The largest absolute Gasteiger partial charge is 0.325 e. The number of anilines is 1. The molecule has 0 aromatic heterocycles. The smallest absolute Gasteiger partial charge is 0.240 e. The summed E-state index contributed by atoms with van der Waals surface area (Å²) < 4.78 is 26.7. The van der Waals surface area contributed by atoms with E-state index in [1.165, 1.54) is 12.1 Å². The molecule has 0 aliphatic heterocycles. The Morgan fingerprint density at radius 3 is 2.35 bits per heavy atom. The van der Waals surface area contributed by atoms with Gasteiger partial charge in [0, 0.05) is 12.5 Å². The van der Waals surface area contributed by atoms with Crippen LogP contribution in [-0.2, 0) is 21.2 Å². The van der Waals surface area contributed by atoms with Crippen LogP contribution in [0, 0.1) is 0 Å². The van der Waals surface area contributed by atoms with Gasteiger partial charge in [-0.2, -0.15) is 0 Å². The minimum absolute atomic E-state index is 0.179. The fourth-order valence-electron chi connectivity index (χ4n) is 2.28. The lowest BCUT2D eigenvalue weighted by Gasteiger charge is -2.10. The Kier molecular flexibility index (Phi) is 7.06. The van der Waals surface area contributed by atoms with E-state index in [1.54, 1.807) is 44.2 Å². The molecule has 0 aliphatic carbocycles. The average molecular weight is 415 g/mol. The van der Waals surface area contributed by atoms with Gasteiger partial charge in [0.2, 0.25) is 15.9 Å². The summed E-state index contributed by atoms with van der Waals surface area (Å²) in [5, 5.41) is 3.39. The topological polar surface area (TPSA) is 75.3 Å². The number of nitrogens with one attached hydrogen (secondary N) is 2. The van der Waals surface area contributed by atoms with Gasteiger partial charge in [-0.25, -0.2) is 13.1 Å². The van der Waals surface area contributed by atoms with Crippen LogP contribution in [-0.4, -0.2) is 20.4 Å². The van der Waals surface area contributed by atoms with Crippen LogP contribution >= 0.6 is 23.2 Å². The third kappa shape index (κ3) is 5.71. The van der Waals surface area contributed by atoms with E-state index in [4.69, 9.17) is 23.2 Å². The quantitative estimate of drug-likeness (QED) is 0.710. The van der Waals surface area contributed by atoms with Crippen LogP contribution in [0.2, 0.25) is 10.0 Å². The van der Waals surface area contributed by atoms with Gasteiger partial charge in [-0.15, -0.1) is 0 Å². The summed E-state index contributed by atoms with van der Waals surface area (Å²) in [5.74, 6) is -0.202. The number of amides is 1. The Balaban J connectivity index is 1.95. The Morgan fingerprint density at radius 1 is 1.08 bits per heavy atom. The van der Waals surface area contributed by atoms with Crippen LogP contribution in [0.1, 0.15) is 25.8 Å². The molecule has 2 N–H and O–H groups in total. The Bertz CT molecular complexity index is 882. The van der Waals surface area contributed by atoms with Gasteiger partial charge in [0.15, 0.2) is 0 Å². The molecule has 2 rings (SSSR count). The highest BCUT2D eigenvalue weighted by Gasteiger charge is 2.15. The fourth-order valence-corrected chi connectivity index (χ4v) is 3.88. The first-order valence-electron chi connectivity index (χ1n) is 8.04. The molecule has 140 valence electrons. The molecule has 5 nitrogen and oxygen atoms in total. The lowest BCUT2D eigenvalue weighted by molar-refractivity contribution is -0.116. The molecular formula is C18H20Cl2N2O3S. The number of aryl methyl sites for hydroxylation is 1. The first kappa shape index (κ1) is 20.7. The third-order valence-electron chi connectivity index (χ3n) is 3.49. The van der Waals surface area contributed by atoms with Crippen molar-refractivity contribution < 1.29 is 13.2 Å². The summed E-state index contributed by atoms with van der Waals surface area (Å²) >= 11 is 12.0. The second kappa shape index (κ2) is 8.86. The molecule has 0 spiro atoms. The molecule has 0 saturated heterocycles. The van der Waals surface area contributed by atoms with Gasteiger partial charge < -0.3 is 5.32 Å². The predicted molar refractivity (Wildman–Crippen MR) is 105 cm³/mol. The molecule has 0 heterocycles. The highest BCUT2D eigenvalue weighted by molar-refractivity contribution is 7.89. The highest BCUT2D eigenvalue weighted by Crippen LogP contribution is 2.29. The number of halogens is 2. The van der Waals surface area contributed by atoms with Gasteiger partial charge in [-0.1, -0.05) is 41.4 Å². The molecule has 0 radical (unpaired) electrons. The molecule has 2 aromatic carbocycles. The van der Waals surface area contributed by atoms with E-state index in [1.807, 2.05) is 0 Å². The molecule has 0 aliphatic rings. The molecule has 2 aromatic rings. The summed E-state index contributed by atoms with van der Waals surface area (Å²) in [7, 11) is -3.51. The van der Waals surface area contributed by atoms with Crippen LogP contribution in [0.4, 0.5) is 5.69 Å². The third-order valence-corrected chi connectivity index (χ3v) is 5.98. The maximum Gasteiger partial charge on any atom is 0.240 e. The molecule has 0 atom stereocenters.